The maximum absolute atomic E-state index is 3.27. The third-order valence-electron chi connectivity index (χ3n) is 3.58. The van der Waals surface area contributed by atoms with E-state index in [1.54, 1.807) is 0 Å². The maximum atomic E-state index is 3.27. The van der Waals surface area contributed by atoms with Crippen molar-refractivity contribution in [1.29, 1.82) is 0 Å². The van der Waals surface area contributed by atoms with E-state index in [-0.39, 0.29) is 0 Å². The van der Waals surface area contributed by atoms with Crippen LogP contribution in [-0.4, -0.2) is 17.4 Å². The number of rotatable bonds is 6. The van der Waals surface area contributed by atoms with E-state index in [1.807, 2.05) is 18.8 Å². The second-order valence-electron chi connectivity index (χ2n) is 5.04. The normalized spacial score (nSPS) is 11.1. The molecule has 0 aliphatic heterocycles. The standard InChI is InChI=1S/C18H20N2S/c1-19-14-16-13-15-7-5-6-10-18(15)20(16)11-12-21-17-8-3-2-4-9-17/h2-10,13,19H,11-12,14H2,1H3. The Kier molecular flexibility index (Phi) is 4.63. The summed E-state index contributed by atoms with van der Waals surface area (Å²) in [4.78, 5) is 1.34. The van der Waals surface area contributed by atoms with Crippen LogP contribution in [-0.2, 0) is 13.1 Å². The van der Waals surface area contributed by atoms with Crippen molar-refractivity contribution in [2.45, 2.75) is 18.0 Å². The molecule has 3 aromatic rings. The monoisotopic (exact) mass is 296 g/mol. The van der Waals surface area contributed by atoms with Gasteiger partial charge in [0.15, 0.2) is 0 Å². The Bertz CT molecular complexity index is 704. The van der Waals surface area contributed by atoms with Gasteiger partial charge in [-0.2, -0.15) is 0 Å². The summed E-state index contributed by atoms with van der Waals surface area (Å²) >= 11 is 1.91. The fraction of sp³-hybridized carbons (Fsp3) is 0.222. The first-order chi connectivity index (χ1) is 10.4. The van der Waals surface area contributed by atoms with Crippen LogP contribution in [0.2, 0.25) is 0 Å². The average Bonchev–Trinajstić information content (AvgIpc) is 2.87. The largest absolute Gasteiger partial charge is 0.342 e. The fourth-order valence-electron chi connectivity index (χ4n) is 2.63. The minimum atomic E-state index is 0.907. The highest BCUT2D eigenvalue weighted by molar-refractivity contribution is 7.99. The predicted octanol–water partition coefficient (Wildman–Crippen LogP) is 4.15. The first kappa shape index (κ1) is 14.2. The molecule has 2 aromatic carbocycles. The first-order valence-electron chi connectivity index (χ1n) is 7.28. The van der Waals surface area contributed by atoms with Crippen LogP contribution >= 0.6 is 11.8 Å². The fourth-order valence-corrected chi connectivity index (χ4v) is 3.49. The Morgan fingerprint density at radius 1 is 1.00 bits per heavy atom. The van der Waals surface area contributed by atoms with Crippen molar-refractivity contribution in [2.24, 2.45) is 0 Å². The Hall–Kier alpha value is -1.71. The summed E-state index contributed by atoms with van der Waals surface area (Å²) in [6.07, 6.45) is 0. The van der Waals surface area contributed by atoms with Crippen molar-refractivity contribution in [1.82, 2.24) is 9.88 Å². The lowest BCUT2D eigenvalue weighted by molar-refractivity contribution is 0.696. The number of hydrogen-bond acceptors (Lipinski definition) is 2. The third kappa shape index (κ3) is 3.31. The quantitative estimate of drug-likeness (QED) is 0.688. The van der Waals surface area contributed by atoms with Gasteiger partial charge >= 0.3 is 0 Å². The van der Waals surface area contributed by atoms with Gasteiger partial charge in [0, 0.05) is 34.9 Å². The summed E-state index contributed by atoms with van der Waals surface area (Å²) < 4.78 is 2.43. The molecular formula is C18H20N2S. The van der Waals surface area contributed by atoms with Crippen molar-refractivity contribution in [3.8, 4) is 0 Å². The van der Waals surface area contributed by atoms with E-state index in [4.69, 9.17) is 0 Å². The van der Waals surface area contributed by atoms with Gasteiger partial charge in [-0.25, -0.2) is 0 Å². The molecule has 21 heavy (non-hydrogen) atoms. The van der Waals surface area contributed by atoms with E-state index in [9.17, 15) is 0 Å². The molecule has 2 nitrogen and oxygen atoms in total. The Morgan fingerprint density at radius 3 is 2.57 bits per heavy atom. The Labute approximate surface area is 130 Å². The van der Waals surface area contributed by atoms with Gasteiger partial charge in [0.1, 0.15) is 0 Å². The molecule has 3 heteroatoms. The number of nitrogens with zero attached hydrogens (tertiary/aromatic N) is 1. The summed E-state index contributed by atoms with van der Waals surface area (Å²) in [7, 11) is 2.00. The summed E-state index contributed by atoms with van der Waals surface area (Å²) in [5, 5.41) is 4.59. The second kappa shape index (κ2) is 6.83. The van der Waals surface area contributed by atoms with Crippen molar-refractivity contribution < 1.29 is 0 Å². The molecule has 0 aliphatic carbocycles. The molecule has 0 saturated carbocycles. The van der Waals surface area contributed by atoms with Gasteiger partial charge in [-0.05, 0) is 36.7 Å². The van der Waals surface area contributed by atoms with Crippen LogP contribution in [0.1, 0.15) is 5.69 Å². The van der Waals surface area contributed by atoms with Crippen molar-refractivity contribution >= 4 is 22.7 Å². The maximum Gasteiger partial charge on any atom is 0.0483 e. The topological polar surface area (TPSA) is 17.0 Å². The van der Waals surface area contributed by atoms with E-state index in [1.165, 1.54) is 21.5 Å². The van der Waals surface area contributed by atoms with E-state index in [0.29, 0.717) is 0 Å². The highest BCUT2D eigenvalue weighted by Gasteiger charge is 2.07. The number of para-hydroxylation sites is 1. The van der Waals surface area contributed by atoms with Crippen LogP contribution in [0.4, 0.5) is 0 Å². The summed E-state index contributed by atoms with van der Waals surface area (Å²) in [5.41, 5.74) is 2.68. The predicted molar refractivity (Wildman–Crippen MR) is 91.9 cm³/mol. The van der Waals surface area contributed by atoms with E-state index in [0.717, 1.165) is 18.8 Å². The summed E-state index contributed by atoms with van der Waals surface area (Å²) in [5.74, 6) is 1.08. The van der Waals surface area contributed by atoms with Crippen molar-refractivity contribution in [2.75, 3.05) is 12.8 Å². The SMILES string of the molecule is CNCc1cc2ccccc2n1CCSc1ccccc1. The van der Waals surface area contributed by atoms with Gasteiger partial charge in [0.05, 0.1) is 0 Å². The molecule has 108 valence electrons. The Balaban J connectivity index is 1.77. The van der Waals surface area contributed by atoms with Gasteiger partial charge < -0.3 is 9.88 Å². The second-order valence-corrected chi connectivity index (χ2v) is 6.21. The van der Waals surface area contributed by atoms with Crippen LogP contribution in [0, 0.1) is 0 Å². The van der Waals surface area contributed by atoms with Crippen molar-refractivity contribution in [3.63, 3.8) is 0 Å². The van der Waals surface area contributed by atoms with Gasteiger partial charge in [-0.3, -0.25) is 0 Å². The number of nitrogens with one attached hydrogen (secondary N) is 1. The molecule has 0 spiro atoms. The zero-order chi connectivity index (χ0) is 14.5. The number of hydrogen-bond donors (Lipinski definition) is 1. The molecular weight excluding hydrogens is 276 g/mol. The minimum Gasteiger partial charge on any atom is -0.342 e. The minimum absolute atomic E-state index is 0.907. The van der Waals surface area contributed by atoms with Gasteiger partial charge in [0.25, 0.3) is 0 Å². The number of benzene rings is 2. The molecule has 0 fully saturated rings. The highest BCUT2D eigenvalue weighted by atomic mass is 32.2. The summed E-state index contributed by atoms with van der Waals surface area (Å²) in [6, 6.07) is 21.5. The molecule has 0 unspecified atom stereocenters. The van der Waals surface area contributed by atoms with Crippen LogP contribution < -0.4 is 5.32 Å². The molecule has 0 aliphatic rings. The smallest absolute Gasteiger partial charge is 0.0483 e. The van der Waals surface area contributed by atoms with Gasteiger partial charge in [-0.15, -0.1) is 11.8 Å². The molecule has 1 heterocycles. The van der Waals surface area contributed by atoms with E-state index < -0.39 is 0 Å². The molecule has 0 bridgehead atoms. The Morgan fingerprint density at radius 2 is 1.76 bits per heavy atom. The lowest BCUT2D eigenvalue weighted by atomic mass is 10.2. The van der Waals surface area contributed by atoms with Gasteiger partial charge in [0.2, 0.25) is 0 Å². The van der Waals surface area contributed by atoms with Crippen molar-refractivity contribution in [3.05, 3.63) is 66.4 Å². The number of aromatic nitrogens is 1. The molecule has 1 N–H and O–H groups in total. The van der Waals surface area contributed by atoms with Crippen LogP contribution in [0.3, 0.4) is 0 Å². The van der Waals surface area contributed by atoms with E-state index >= 15 is 0 Å². The highest BCUT2D eigenvalue weighted by Crippen LogP contribution is 2.22. The summed E-state index contributed by atoms with van der Waals surface area (Å²) in [6.45, 7) is 1.94. The van der Waals surface area contributed by atoms with E-state index in [2.05, 4.69) is 70.5 Å². The van der Waals surface area contributed by atoms with Gasteiger partial charge in [-0.1, -0.05) is 36.4 Å². The molecule has 3 rings (SSSR count). The number of fused-ring (bicyclic) bond motifs is 1. The van der Waals surface area contributed by atoms with Crippen LogP contribution in [0.5, 0.6) is 0 Å². The number of aryl methyl sites for hydroxylation is 1. The third-order valence-corrected chi connectivity index (χ3v) is 4.57. The lowest BCUT2D eigenvalue weighted by Gasteiger charge is -2.10. The number of thioether (sulfide) groups is 1. The lowest BCUT2D eigenvalue weighted by Crippen LogP contribution is -2.12. The molecule has 0 amide bonds. The molecule has 0 saturated heterocycles. The van der Waals surface area contributed by atoms with Crippen LogP contribution in [0.25, 0.3) is 10.9 Å². The molecule has 0 atom stereocenters. The molecule has 1 aromatic heterocycles. The zero-order valence-corrected chi connectivity index (χ0v) is 13.1. The first-order valence-corrected chi connectivity index (χ1v) is 8.26. The molecule has 0 radical (unpaired) electrons. The zero-order valence-electron chi connectivity index (χ0n) is 12.3. The average molecular weight is 296 g/mol. The van der Waals surface area contributed by atoms with Crippen LogP contribution in [0.15, 0.2) is 65.6 Å².